The summed E-state index contributed by atoms with van der Waals surface area (Å²) in [5, 5.41) is 3.55. The number of carbonyl (C=O) groups excluding carboxylic acids is 1. The Morgan fingerprint density at radius 1 is 1.44 bits per heavy atom. The van der Waals surface area contributed by atoms with Crippen molar-refractivity contribution in [2.45, 2.75) is 33.2 Å². The summed E-state index contributed by atoms with van der Waals surface area (Å²) in [6, 6.07) is 5.32. The van der Waals surface area contributed by atoms with E-state index in [1.165, 1.54) is 0 Å². The van der Waals surface area contributed by atoms with E-state index in [4.69, 9.17) is 17.3 Å². The molecule has 3 nitrogen and oxygen atoms in total. The first kappa shape index (κ1) is 15.0. The summed E-state index contributed by atoms with van der Waals surface area (Å²) in [5.74, 6) is 0.383. The largest absolute Gasteiger partial charge is 0.348 e. The van der Waals surface area contributed by atoms with E-state index in [2.05, 4.69) is 19.2 Å². The van der Waals surface area contributed by atoms with Crippen LogP contribution in [0.3, 0.4) is 0 Å². The molecule has 0 fully saturated rings. The van der Waals surface area contributed by atoms with Crippen molar-refractivity contribution in [2.75, 3.05) is 6.54 Å². The number of benzene rings is 1. The van der Waals surface area contributed by atoms with E-state index in [0.717, 1.165) is 12.0 Å². The van der Waals surface area contributed by atoms with Gasteiger partial charge in [-0.2, -0.15) is 0 Å². The van der Waals surface area contributed by atoms with Gasteiger partial charge in [-0.3, -0.25) is 4.79 Å². The minimum absolute atomic E-state index is 0.0116. The van der Waals surface area contributed by atoms with Crippen LogP contribution in [-0.4, -0.2) is 18.5 Å². The van der Waals surface area contributed by atoms with Gasteiger partial charge in [0, 0.05) is 23.2 Å². The molecule has 1 amide bonds. The molecule has 1 aromatic carbocycles. The number of nitrogens with two attached hydrogens (primary N) is 1. The standard InChI is InChI=1S/C14H21ClN2O/c1-9(2)6-12(8-16)17-14(18)11-5-4-10(3)13(15)7-11/h4-5,7,9,12H,6,8,16H2,1-3H3,(H,17,18). The molecule has 0 saturated heterocycles. The van der Waals surface area contributed by atoms with Crippen LogP contribution in [-0.2, 0) is 0 Å². The monoisotopic (exact) mass is 268 g/mol. The van der Waals surface area contributed by atoms with Crippen LogP contribution in [0.5, 0.6) is 0 Å². The first-order valence-electron chi connectivity index (χ1n) is 6.21. The fourth-order valence-corrected chi connectivity index (χ4v) is 1.97. The molecule has 4 heteroatoms. The van der Waals surface area contributed by atoms with Crippen molar-refractivity contribution in [3.8, 4) is 0 Å². The second-order valence-electron chi connectivity index (χ2n) is 5.00. The Morgan fingerprint density at radius 2 is 2.11 bits per heavy atom. The van der Waals surface area contributed by atoms with Crippen LogP contribution in [0, 0.1) is 12.8 Å². The topological polar surface area (TPSA) is 55.1 Å². The zero-order valence-corrected chi connectivity index (χ0v) is 11.9. The third kappa shape index (κ3) is 4.31. The molecule has 0 aliphatic rings. The lowest BCUT2D eigenvalue weighted by molar-refractivity contribution is 0.0934. The van der Waals surface area contributed by atoms with Crippen LogP contribution < -0.4 is 11.1 Å². The predicted octanol–water partition coefficient (Wildman–Crippen LogP) is 2.75. The fourth-order valence-electron chi connectivity index (χ4n) is 1.79. The normalized spacial score (nSPS) is 12.6. The summed E-state index contributed by atoms with van der Waals surface area (Å²) < 4.78 is 0. The van der Waals surface area contributed by atoms with Gasteiger partial charge in [0.1, 0.15) is 0 Å². The number of hydrogen-bond acceptors (Lipinski definition) is 2. The molecule has 100 valence electrons. The molecular weight excluding hydrogens is 248 g/mol. The van der Waals surface area contributed by atoms with Gasteiger partial charge in [0.15, 0.2) is 0 Å². The number of halogens is 1. The lowest BCUT2D eigenvalue weighted by Gasteiger charge is -2.19. The quantitative estimate of drug-likeness (QED) is 0.863. The summed E-state index contributed by atoms with van der Waals surface area (Å²) in [6.07, 6.45) is 0.877. The molecule has 0 saturated carbocycles. The smallest absolute Gasteiger partial charge is 0.251 e. The summed E-state index contributed by atoms with van der Waals surface area (Å²) in [7, 11) is 0. The lowest BCUT2D eigenvalue weighted by Crippen LogP contribution is -2.41. The number of carbonyl (C=O) groups is 1. The first-order chi connectivity index (χ1) is 8.43. The molecule has 0 bridgehead atoms. The van der Waals surface area contributed by atoms with Crippen molar-refractivity contribution in [1.82, 2.24) is 5.32 Å². The molecule has 0 aliphatic heterocycles. The van der Waals surface area contributed by atoms with Gasteiger partial charge in [0.25, 0.3) is 5.91 Å². The zero-order chi connectivity index (χ0) is 13.7. The van der Waals surface area contributed by atoms with Gasteiger partial charge in [-0.15, -0.1) is 0 Å². The molecule has 0 heterocycles. The van der Waals surface area contributed by atoms with Crippen LogP contribution in [0.2, 0.25) is 5.02 Å². The number of rotatable bonds is 5. The SMILES string of the molecule is Cc1ccc(C(=O)NC(CN)CC(C)C)cc1Cl. The second kappa shape index (κ2) is 6.76. The Bertz CT molecular complexity index is 418. The third-order valence-electron chi connectivity index (χ3n) is 2.81. The van der Waals surface area contributed by atoms with Crippen LogP contribution in [0.15, 0.2) is 18.2 Å². The van der Waals surface area contributed by atoms with E-state index in [-0.39, 0.29) is 11.9 Å². The average molecular weight is 269 g/mol. The Kier molecular flexibility index (Phi) is 5.63. The highest BCUT2D eigenvalue weighted by Crippen LogP contribution is 2.16. The molecule has 1 aromatic rings. The highest BCUT2D eigenvalue weighted by molar-refractivity contribution is 6.31. The van der Waals surface area contributed by atoms with E-state index in [9.17, 15) is 4.79 Å². The van der Waals surface area contributed by atoms with Crippen LogP contribution in [0.1, 0.15) is 36.2 Å². The fraction of sp³-hybridized carbons (Fsp3) is 0.500. The summed E-state index contributed by atoms with van der Waals surface area (Å²) >= 11 is 6.01. The molecular formula is C14H21ClN2O. The van der Waals surface area contributed by atoms with Gasteiger partial charge in [-0.05, 0) is 37.0 Å². The minimum Gasteiger partial charge on any atom is -0.348 e. The molecule has 1 rings (SSSR count). The van der Waals surface area contributed by atoms with Gasteiger partial charge in [0.05, 0.1) is 0 Å². The van der Waals surface area contributed by atoms with Crippen molar-refractivity contribution in [1.29, 1.82) is 0 Å². The second-order valence-corrected chi connectivity index (χ2v) is 5.41. The highest BCUT2D eigenvalue weighted by Gasteiger charge is 2.14. The molecule has 0 aromatic heterocycles. The van der Waals surface area contributed by atoms with E-state index in [0.29, 0.717) is 23.0 Å². The van der Waals surface area contributed by atoms with Crippen molar-refractivity contribution in [3.05, 3.63) is 34.3 Å². The van der Waals surface area contributed by atoms with E-state index in [1.807, 2.05) is 13.0 Å². The molecule has 3 N–H and O–H groups in total. The number of amides is 1. The average Bonchev–Trinajstić information content (AvgIpc) is 2.31. The predicted molar refractivity (Wildman–Crippen MR) is 76.0 cm³/mol. The van der Waals surface area contributed by atoms with Crippen molar-refractivity contribution >= 4 is 17.5 Å². The maximum Gasteiger partial charge on any atom is 0.251 e. The van der Waals surface area contributed by atoms with Gasteiger partial charge < -0.3 is 11.1 Å². The molecule has 0 radical (unpaired) electrons. The zero-order valence-electron chi connectivity index (χ0n) is 11.2. The van der Waals surface area contributed by atoms with E-state index in [1.54, 1.807) is 12.1 Å². The maximum absolute atomic E-state index is 12.0. The Labute approximate surface area is 114 Å². The summed E-state index contributed by atoms with van der Waals surface area (Å²) in [6.45, 7) is 6.57. The number of aryl methyl sites for hydroxylation is 1. The maximum atomic E-state index is 12.0. The minimum atomic E-state index is -0.118. The first-order valence-corrected chi connectivity index (χ1v) is 6.59. The van der Waals surface area contributed by atoms with Gasteiger partial charge in [-0.1, -0.05) is 31.5 Å². The molecule has 1 atom stereocenters. The Balaban J connectivity index is 2.71. The summed E-state index contributed by atoms with van der Waals surface area (Å²) in [4.78, 5) is 12.0. The van der Waals surface area contributed by atoms with Gasteiger partial charge >= 0.3 is 0 Å². The molecule has 0 aliphatic carbocycles. The lowest BCUT2D eigenvalue weighted by atomic mass is 10.0. The molecule has 0 spiro atoms. The summed E-state index contributed by atoms with van der Waals surface area (Å²) in [5.41, 5.74) is 7.20. The van der Waals surface area contributed by atoms with Crippen LogP contribution in [0.25, 0.3) is 0 Å². The van der Waals surface area contributed by atoms with E-state index < -0.39 is 0 Å². The third-order valence-corrected chi connectivity index (χ3v) is 3.22. The van der Waals surface area contributed by atoms with Gasteiger partial charge in [0.2, 0.25) is 0 Å². The van der Waals surface area contributed by atoms with Crippen LogP contribution >= 0.6 is 11.6 Å². The van der Waals surface area contributed by atoms with Crippen molar-refractivity contribution in [2.24, 2.45) is 11.7 Å². The Morgan fingerprint density at radius 3 is 2.61 bits per heavy atom. The highest BCUT2D eigenvalue weighted by atomic mass is 35.5. The van der Waals surface area contributed by atoms with Crippen molar-refractivity contribution in [3.63, 3.8) is 0 Å². The van der Waals surface area contributed by atoms with E-state index >= 15 is 0 Å². The Hall–Kier alpha value is -1.06. The van der Waals surface area contributed by atoms with Crippen LogP contribution in [0.4, 0.5) is 0 Å². The number of nitrogens with one attached hydrogen (secondary N) is 1. The molecule has 1 unspecified atom stereocenters. The molecule has 18 heavy (non-hydrogen) atoms. The number of hydrogen-bond donors (Lipinski definition) is 2. The van der Waals surface area contributed by atoms with Crippen molar-refractivity contribution < 1.29 is 4.79 Å². The van der Waals surface area contributed by atoms with Gasteiger partial charge in [-0.25, -0.2) is 0 Å².